The van der Waals surface area contributed by atoms with Gasteiger partial charge in [0.15, 0.2) is 0 Å². The molecule has 0 saturated heterocycles. The first-order chi connectivity index (χ1) is 8.01. The number of hydrogen-bond acceptors (Lipinski definition) is 3. The Bertz CT molecular complexity index is 457. The predicted octanol–water partition coefficient (Wildman–Crippen LogP) is 1.37. The highest BCUT2D eigenvalue weighted by atomic mass is 32.2. The third kappa shape index (κ3) is 3.71. The van der Waals surface area contributed by atoms with Gasteiger partial charge in [-0.15, -0.1) is 0 Å². The molecule has 0 saturated carbocycles. The lowest BCUT2D eigenvalue weighted by molar-refractivity contribution is 0.590. The van der Waals surface area contributed by atoms with E-state index < -0.39 is 10.0 Å². The molecular formula is C12H20N2O2S. The Morgan fingerprint density at radius 1 is 1.35 bits per heavy atom. The van der Waals surface area contributed by atoms with Gasteiger partial charge >= 0.3 is 0 Å². The Labute approximate surface area is 104 Å². The molecular weight excluding hydrogens is 236 g/mol. The molecule has 0 unspecified atom stereocenters. The monoisotopic (exact) mass is 256 g/mol. The van der Waals surface area contributed by atoms with Crippen molar-refractivity contribution in [2.75, 3.05) is 30.2 Å². The summed E-state index contributed by atoms with van der Waals surface area (Å²) < 4.78 is 25.5. The maximum atomic E-state index is 12.0. The minimum absolute atomic E-state index is 0.116. The van der Waals surface area contributed by atoms with E-state index in [4.69, 9.17) is 0 Å². The Morgan fingerprint density at radius 2 is 2.06 bits per heavy atom. The van der Waals surface area contributed by atoms with Crippen molar-refractivity contribution in [3.63, 3.8) is 0 Å². The van der Waals surface area contributed by atoms with Crippen molar-refractivity contribution in [3.05, 3.63) is 29.8 Å². The van der Waals surface area contributed by atoms with E-state index in [9.17, 15) is 8.42 Å². The molecule has 0 atom stereocenters. The zero-order chi connectivity index (χ0) is 12.9. The van der Waals surface area contributed by atoms with Crippen LogP contribution in [-0.4, -0.2) is 34.3 Å². The van der Waals surface area contributed by atoms with Crippen molar-refractivity contribution in [1.82, 2.24) is 5.32 Å². The molecule has 1 aromatic carbocycles. The van der Waals surface area contributed by atoms with Crippen LogP contribution in [0.3, 0.4) is 0 Å². The number of rotatable bonds is 6. The van der Waals surface area contributed by atoms with E-state index in [2.05, 4.69) is 5.32 Å². The molecule has 0 radical (unpaired) electrons. The maximum Gasteiger partial charge on any atom is 0.234 e. The summed E-state index contributed by atoms with van der Waals surface area (Å²) in [6, 6.07) is 7.55. The molecule has 5 heteroatoms. The summed E-state index contributed by atoms with van der Waals surface area (Å²) in [6.45, 7) is 4.71. The Morgan fingerprint density at radius 3 is 2.59 bits per heavy atom. The molecule has 0 bridgehead atoms. The molecule has 0 fully saturated rings. The Kier molecular flexibility index (Phi) is 4.96. The zero-order valence-corrected chi connectivity index (χ0v) is 11.4. The summed E-state index contributed by atoms with van der Waals surface area (Å²) in [7, 11) is -1.40. The summed E-state index contributed by atoms with van der Waals surface area (Å²) in [5, 5.41) is 2.97. The molecule has 1 aromatic rings. The Hall–Kier alpha value is -1.07. The third-order valence-corrected chi connectivity index (χ3v) is 4.35. The topological polar surface area (TPSA) is 49.4 Å². The number of benzene rings is 1. The fourth-order valence-corrected chi connectivity index (χ4v) is 2.70. The van der Waals surface area contributed by atoms with Crippen LogP contribution in [0.5, 0.6) is 0 Å². The highest BCUT2D eigenvalue weighted by molar-refractivity contribution is 7.92. The first-order valence-corrected chi connectivity index (χ1v) is 7.34. The van der Waals surface area contributed by atoms with Crippen LogP contribution in [0.4, 0.5) is 5.69 Å². The van der Waals surface area contributed by atoms with Gasteiger partial charge in [-0.3, -0.25) is 4.31 Å². The van der Waals surface area contributed by atoms with Crippen LogP contribution in [0.15, 0.2) is 24.3 Å². The summed E-state index contributed by atoms with van der Waals surface area (Å²) >= 11 is 0. The number of likely N-dealkylation sites (N-methyl/N-ethyl adjacent to an activating group) is 1. The van der Waals surface area contributed by atoms with Gasteiger partial charge in [0, 0.05) is 13.1 Å². The van der Waals surface area contributed by atoms with Gasteiger partial charge in [0.1, 0.15) is 0 Å². The minimum Gasteiger partial charge on any atom is -0.318 e. The normalized spacial score (nSPS) is 11.5. The SMILES string of the molecule is CCS(=O)(=O)N(CCNC)c1cccc(C)c1. The van der Waals surface area contributed by atoms with E-state index in [1.54, 1.807) is 6.92 Å². The number of sulfonamides is 1. The highest BCUT2D eigenvalue weighted by Crippen LogP contribution is 2.19. The summed E-state index contributed by atoms with van der Waals surface area (Å²) in [4.78, 5) is 0. The fourth-order valence-electron chi connectivity index (χ4n) is 1.58. The van der Waals surface area contributed by atoms with E-state index in [0.29, 0.717) is 13.1 Å². The van der Waals surface area contributed by atoms with Crippen LogP contribution in [0.25, 0.3) is 0 Å². The van der Waals surface area contributed by atoms with Gasteiger partial charge < -0.3 is 5.32 Å². The van der Waals surface area contributed by atoms with Gasteiger partial charge in [0.05, 0.1) is 11.4 Å². The first-order valence-electron chi connectivity index (χ1n) is 5.73. The lowest BCUT2D eigenvalue weighted by atomic mass is 10.2. The van der Waals surface area contributed by atoms with Crippen LogP contribution in [0.1, 0.15) is 12.5 Å². The lowest BCUT2D eigenvalue weighted by Gasteiger charge is -2.24. The van der Waals surface area contributed by atoms with E-state index in [1.165, 1.54) is 4.31 Å². The molecule has 0 aliphatic heterocycles. The van der Waals surface area contributed by atoms with Gasteiger partial charge in [0.2, 0.25) is 10.0 Å². The van der Waals surface area contributed by atoms with Crippen molar-refractivity contribution in [1.29, 1.82) is 0 Å². The maximum absolute atomic E-state index is 12.0. The summed E-state index contributed by atoms with van der Waals surface area (Å²) in [5.41, 5.74) is 1.80. The largest absolute Gasteiger partial charge is 0.318 e. The average molecular weight is 256 g/mol. The first kappa shape index (κ1) is 14.0. The van der Waals surface area contributed by atoms with E-state index in [1.807, 2.05) is 38.2 Å². The number of anilines is 1. The smallest absolute Gasteiger partial charge is 0.234 e. The molecule has 0 aliphatic rings. The van der Waals surface area contributed by atoms with Gasteiger partial charge in [-0.1, -0.05) is 12.1 Å². The molecule has 1 N–H and O–H groups in total. The second-order valence-electron chi connectivity index (χ2n) is 3.92. The van der Waals surface area contributed by atoms with Gasteiger partial charge in [-0.25, -0.2) is 8.42 Å². The highest BCUT2D eigenvalue weighted by Gasteiger charge is 2.19. The van der Waals surface area contributed by atoms with E-state index in [0.717, 1.165) is 11.3 Å². The van der Waals surface area contributed by atoms with Crippen molar-refractivity contribution < 1.29 is 8.42 Å². The Balaban J connectivity index is 3.06. The van der Waals surface area contributed by atoms with Crippen molar-refractivity contribution >= 4 is 15.7 Å². The van der Waals surface area contributed by atoms with Crippen LogP contribution < -0.4 is 9.62 Å². The molecule has 0 spiro atoms. The standard InChI is InChI=1S/C12H20N2O2S/c1-4-17(15,16)14(9-8-13-3)12-7-5-6-11(2)10-12/h5-7,10,13H,4,8-9H2,1-3H3. The predicted molar refractivity (Wildman–Crippen MR) is 71.9 cm³/mol. The fraction of sp³-hybridized carbons (Fsp3) is 0.500. The average Bonchev–Trinajstić information content (AvgIpc) is 2.29. The van der Waals surface area contributed by atoms with Crippen molar-refractivity contribution in [3.8, 4) is 0 Å². The van der Waals surface area contributed by atoms with Crippen molar-refractivity contribution in [2.45, 2.75) is 13.8 Å². The van der Waals surface area contributed by atoms with Crippen molar-refractivity contribution in [2.24, 2.45) is 0 Å². The van der Waals surface area contributed by atoms with E-state index >= 15 is 0 Å². The second-order valence-corrected chi connectivity index (χ2v) is 6.10. The van der Waals surface area contributed by atoms with Gasteiger partial charge in [-0.05, 0) is 38.6 Å². The van der Waals surface area contributed by atoms with Crippen LogP contribution in [0.2, 0.25) is 0 Å². The van der Waals surface area contributed by atoms with Crippen LogP contribution in [0, 0.1) is 6.92 Å². The van der Waals surface area contributed by atoms with Gasteiger partial charge in [0.25, 0.3) is 0 Å². The molecule has 0 heterocycles. The third-order valence-electron chi connectivity index (χ3n) is 2.56. The van der Waals surface area contributed by atoms with E-state index in [-0.39, 0.29) is 5.75 Å². The molecule has 4 nitrogen and oxygen atoms in total. The number of hydrogen-bond donors (Lipinski definition) is 1. The molecule has 0 aliphatic carbocycles. The lowest BCUT2D eigenvalue weighted by Crippen LogP contribution is -2.37. The van der Waals surface area contributed by atoms with Crippen LogP contribution in [-0.2, 0) is 10.0 Å². The number of nitrogens with zero attached hydrogens (tertiary/aromatic N) is 1. The summed E-state index contributed by atoms with van der Waals surface area (Å²) in [6.07, 6.45) is 0. The summed E-state index contributed by atoms with van der Waals surface area (Å²) in [5.74, 6) is 0.116. The minimum atomic E-state index is -3.21. The molecule has 96 valence electrons. The van der Waals surface area contributed by atoms with Gasteiger partial charge in [-0.2, -0.15) is 0 Å². The van der Waals surface area contributed by atoms with Crippen LogP contribution >= 0.6 is 0 Å². The molecule has 0 aromatic heterocycles. The zero-order valence-electron chi connectivity index (χ0n) is 10.6. The number of nitrogens with one attached hydrogen (secondary N) is 1. The molecule has 0 amide bonds. The molecule has 1 rings (SSSR count). The quantitative estimate of drug-likeness (QED) is 0.836. The second kappa shape index (κ2) is 6.02. The molecule has 17 heavy (non-hydrogen) atoms. The number of aryl methyl sites for hydroxylation is 1.